The maximum absolute atomic E-state index is 13.7. The van der Waals surface area contributed by atoms with Gasteiger partial charge < -0.3 is 10.6 Å². The monoisotopic (exact) mass is 282 g/mol. The minimum Gasteiger partial charge on any atom is -0.393 e. The van der Waals surface area contributed by atoms with Crippen LogP contribution in [0, 0.1) is 12.7 Å². The van der Waals surface area contributed by atoms with E-state index in [1.807, 2.05) is 20.8 Å². The number of nitrogens with zero attached hydrogens (tertiary/aromatic N) is 1. The molecule has 5 heteroatoms. The van der Waals surface area contributed by atoms with Gasteiger partial charge in [-0.05, 0) is 32.9 Å². The van der Waals surface area contributed by atoms with E-state index in [-0.39, 0.29) is 17.5 Å². The number of benzene rings is 1. The highest BCUT2D eigenvalue weighted by molar-refractivity contribution is 7.80. The highest BCUT2D eigenvalue weighted by atomic mass is 32.1. The molecule has 0 saturated heterocycles. The summed E-state index contributed by atoms with van der Waals surface area (Å²) in [5.74, 6) is -0.830. The summed E-state index contributed by atoms with van der Waals surface area (Å²) >= 11 is 4.82. The predicted octanol–water partition coefficient (Wildman–Crippen LogP) is 2.66. The Kier molecular flexibility index (Phi) is 5.42. The third-order valence-electron chi connectivity index (χ3n) is 2.84. The Morgan fingerprint density at radius 3 is 2.63 bits per heavy atom. The number of halogens is 1. The van der Waals surface area contributed by atoms with Crippen molar-refractivity contribution in [3.63, 3.8) is 0 Å². The number of rotatable bonds is 5. The van der Waals surface area contributed by atoms with E-state index in [9.17, 15) is 9.18 Å². The van der Waals surface area contributed by atoms with Crippen LogP contribution in [0.1, 0.15) is 36.2 Å². The summed E-state index contributed by atoms with van der Waals surface area (Å²) in [5.41, 5.74) is 6.40. The second-order valence-corrected chi connectivity index (χ2v) is 5.32. The van der Waals surface area contributed by atoms with Crippen molar-refractivity contribution < 1.29 is 9.18 Å². The molecule has 0 aliphatic heterocycles. The van der Waals surface area contributed by atoms with Gasteiger partial charge in [0.2, 0.25) is 0 Å². The topological polar surface area (TPSA) is 46.3 Å². The van der Waals surface area contributed by atoms with Crippen molar-refractivity contribution in [3.05, 3.63) is 35.1 Å². The Labute approximate surface area is 118 Å². The van der Waals surface area contributed by atoms with Crippen molar-refractivity contribution in [1.82, 2.24) is 4.90 Å². The van der Waals surface area contributed by atoms with Crippen LogP contribution >= 0.6 is 12.2 Å². The number of hydrogen-bond acceptors (Lipinski definition) is 2. The van der Waals surface area contributed by atoms with Gasteiger partial charge >= 0.3 is 0 Å². The zero-order valence-electron chi connectivity index (χ0n) is 11.4. The molecule has 0 fully saturated rings. The SMILES string of the molecule is Cc1ccc(F)c(C(=O)N(CCC(N)=S)C(C)C)c1. The van der Waals surface area contributed by atoms with Crippen LogP contribution in [-0.4, -0.2) is 28.4 Å². The van der Waals surface area contributed by atoms with Gasteiger partial charge in [-0.1, -0.05) is 23.8 Å². The Hall–Kier alpha value is -1.49. The van der Waals surface area contributed by atoms with Crippen molar-refractivity contribution in [2.45, 2.75) is 33.2 Å². The molecule has 0 atom stereocenters. The zero-order valence-corrected chi connectivity index (χ0v) is 12.3. The van der Waals surface area contributed by atoms with E-state index in [2.05, 4.69) is 0 Å². The summed E-state index contributed by atoms with van der Waals surface area (Å²) < 4.78 is 13.7. The number of carbonyl (C=O) groups excluding carboxylic acids is 1. The van der Waals surface area contributed by atoms with Gasteiger partial charge in [0, 0.05) is 19.0 Å². The highest BCUT2D eigenvalue weighted by Gasteiger charge is 2.21. The quantitative estimate of drug-likeness (QED) is 0.845. The number of carbonyl (C=O) groups is 1. The van der Waals surface area contributed by atoms with Crippen LogP contribution < -0.4 is 5.73 Å². The Balaban J connectivity index is 2.99. The van der Waals surface area contributed by atoms with Crippen molar-refractivity contribution in [2.24, 2.45) is 5.73 Å². The summed E-state index contributed by atoms with van der Waals surface area (Å²) in [6, 6.07) is 4.48. The Morgan fingerprint density at radius 1 is 1.47 bits per heavy atom. The van der Waals surface area contributed by atoms with E-state index in [4.69, 9.17) is 18.0 Å². The van der Waals surface area contributed by atoms with Crippen LogP contribution in [0.3, 0.4) is 0 Å². The Bertz CT molecular complexity index is 488. The predicted molar refractivity (Wildman–Crippen MR) is 78.7 cm³/mol. The average Bonchev–Trinajstić information content (AvgIpc) is 2.31. The van der Waals surface area contributed by atoms with Crippen LogP contribution in [0.15, 0.2) is 18.2 Å². The van der Waals surface area contributed by atoms with Gasteiger partial charge in [-0.3, -0.25) is 4.79 Å². The van der Waals surface area contributed by atoms with Gasteiger partial charge in [0.1, 0.15) is 5.82 Å². The third-order valence-corrected chi connectivity index (χ3v) is 3.04. The lowest BCUT2D eigenvalue weighted by molar-refractivity contribution is 0.0707. The van der Waals surface area contributed by atoms with E-state index in [0.29, 0.717) is 18.0 Å². The summed E-state index contributed by atoms with van der Waals surface area (Å²) in [5, 5.41) is 0. The molecule has 0 unspecified atom stereocenters. The van der Waals surface area contributed by atoms with Crippen LogP contribution in [0.25, 0.3) is 0 Å². The second-order valence-electron chi connectivity index (χ2n) is 4.79. The molecule has 2 N–H and O–H groups in total. The van der Waals surface area contributed by atoms with Crippen molar-refractivity contribution >= 4 is 23.1 Å². The molecule has 0 saturated carbocycles. The van der Waals surface area contributed by atoms with Gasteiger partial charge in [0.05, 0.1) is 10.6 Å². The van der Waals surface area contributed by atoms with Gasteiger partial charge in [-0.2, -0.15) is 0 Å². The molecule has 0 aliphatic rings. The molecule has 19 heavy (non-hydrogen) atoms. The first kappa shape index (κ1) is 15.6. The molecule has 1 aromatic rings. The van der Waals surface area contributed by atoms with Crippen LogP contribution in [0.2, 0.25) is 0 Å². The van der Waals surface area contributed by atoms with E-state index < -0.39 is 5.82 Å². The summed E-state index contributed by atoms with van der Waals surface area (Å²) in [6.07, 6.45) is 0.437. The largest absolute Gasteiger partial charge is 0.393 e. The molecule has 3 nitrogen and oxygen atoms in total. The van der Waals surface area contributed by atoms with Gasteiger partial charge in [0.25, 0.3) is 5.91 Å². The number of nitrogens with two attached hydrogens (primary N) is 1. The molecule has 0 aliphatic carbocycles. The fourth-order valence-electron chi connectivity index (χ4n) is 1.78. The zero-order chi connectivity index (χ0) is 14.6. The molecule has 1 rings (SSSR count). The number of aryl methyl sites for hydroxylation is 1. The molecule has 0 radical (unpaired) electrons. The third kappa shape index (κ3) is 4.28. The van der Waals surface area contributed by atoms with Crippen molar-refractivity contribution in [1.29, 1.82) is 0 Å². The summed E-state index contributed by atoms with van der Waals surface area (Å²) in [6.45, 7) is 5.99. The van der Waals surface area contributed by atoms with Gasteiger partial charge in [0.15, 0.2) is 0 Å². The van der Waals surface area contributed by atoms with Gasteiger partial charge in [-0.15, -0.1) is 0 Å². The minimum atomic E-state index is -0.503. The van der Waals surface area contributed by atoms with Crippen LogP contribution in [0.4, 0.5) is 4.39 Å². The average molecular weight is 282 g/mol. The molecule has 1 amide bonds. The number of hydrogen-bond donors (Lipinski definition) is 1. The first-order valence-corrected chi connectivity index (χ1v) is 6.59. The summed E-state index contributed by atoms with van der Waals surface area (Å²) in [7, 11) is 0. The Morgan fingerprint density at radius 2 is 2.11 bits per heavy atom. The molecular formula is C14H19FN2OS. The first-order valence-electron chi connectivity index (χ1n) is 6.18. The molecule has 1 aromatic carbocycles. The lowest BCUT2D eigenvalue weighted by atomic mass is 10.1. The summed E-state index contributed by atoms with van der Waals surface area (Å²) in [4.78, 5) is 14.3. The lowest BCUT2D eigenvalue weighted by Gasteiger charge is -2.27. The van der Waals surface area contributed by atoms with E-state index in [0.717, 1.165) is 5.56 Å². The van der Waals surface area contributed by atoms with E-state index in [1.165, 1.54) is 6.07 Å². The van der Waals surface area contributed by atoms with Crippen molar-refractivity contribution in [2.75, 3.05) is 6.54 Å². The minimum absolute atomic E-state index is 0.0400. The van der Waals surface area contributed by atoms with E-state index in [1.54, 1.807) is 17.0 Å². The smallest absolute Gasteiger partial charge is 0.257 e. The first-order chi connectivity index (χ1) is 8.82. The molecule has 0 bridgehead atoms. The number of amides is 1. The standard InChI is InChI=1S/C14H19FN2OS/c1-9(2)17(7-6-13(16)19)14(18)11-8-10(3)4-5-12(11)15/h4-5,8-9H,6-7H2,1-3H3,(H2,16,19). The molecule has 104 valence electrons. The molecular weight excluding hydrogens is 263 g/mol. The van der Waals surface area contributed by atoms with Crippen LogP contribution in [-0.2, 0) is 0 Å². The number of thiocarbonyl (C=S) groups is 1. The highest BCUT2D eigenvalue weighted by Crippen LogP contribution is 2.15. The molecule has 0 heterocycles. The second kappa shape index (κ2) is 6.61. The maximum Gasteiger partial charge on any atom is 0.257 e. The molecule has 0 spiro atoms. The maximum atomic E-state index is 13.7. The fraction of sp³-hybridized carbons (Fsp3) is 0.429. The normalized spacial score (nSPS) is 10.6. The van der Waals surface area contributed by atoms with Gasteiger partial charge in [-0.25, -0.2) is 4.39 Å². The molecule has 0 aromatic heterocycles. The van der Waals surface area contributed by atoms with Crippen molar-refractivity contribution in [3.8, 4) is 0 Å². The fourth-order valence-corrected chi connectivity index (χ4v) is 1.87. The lowest BCUT2D eigenvalue weighted by Crippen LogP contribution is -2.39. The van der Waals surface area contributed by atoms with Crippen LogP contribution in [0.5, 0.6) is 0 Å². The van der Waals surface area contributed by atoms with E-state index >= 15 is 0 Å².